The minimum atomic E-state index is 0.483. The van der Waals surface area contributed by atoms with Crippen LogP contribution in [0.1, 0.15) is 5.56 Å². The molecule has 0 amide bonds. The summed E-state index contributed by atoms with van der Waals surface area (Å²) in [5.41, 5.74) is 0.493. The lowest BCUT2D eigenvalue weighted by atomic mass is 10.3. The quantitative estimate of drug-likeness (QED) is 0.662. The normalized spacial score (nSPS) is 9.17. The number of aromatic nitrogens is 1. The minimum Gasteiger partial charge on any atom is -0.362 e. The van der Waals surface area contributed by atoms with Crippen molar-refractivity contribution in [2.24, 2.45) is 0 Å². The smallest absolute Gasteiger partial charge is 0.146 e. The first-order chi connectivity index (χ1) is 5.65. The van der Waals surface area contributed by atoms with Crippen LogP contribution >= 0.6 is 11.6 Å². The molecule has 12 heavy (non-hydrogen) atoms. The van der Waals surface area contributed by atoms with Crippen molar-refractivity contribution >= 4 is 17.4 Å². The van der Waals surface area contributed by atoms with Crippen molar-refractivity contribution in [1.82, 2.24) is 4.98 Å². The second-order valence-electron chi connectivity index (χ2n) is 2.53. The highest BCUT2D eigenvalue weighted by atomic mass is 35.5. The molecule has 0 aliphatic rings. The van der Waals surface area contributed by atoms with E-state index in [-0.39, 0.29) is 0 Å². The standard InChI is InChI=1S/C8H8ClN3/c1-12(2)8-6(4-10)3-7(9)5-11-8/h3,5H,1-2H3. The topological polar surface area (TPSA) is 39.9 Å². The molecule has 0 radical (unpaired) electrons. The van der Waals surface area contributed by atoms with Crippen LogP contribution in [0.3, 0.4) is 0 Å². The molecule has 0 fully saturated rings. The number of nitrogens with zero attached hydrogens (tertiary/aromatic N) is 3. The van der Waals surface area contributed by atoms with Crippen LogP contribution in [0.25, 0.3) is 0 Å². The Morgan fingerprint density at radius 2 is 2.25 bits per heavy atom. The SMILES string of the molecule is CN(C)c1ncc(Cl)cc1C#N. The molecule has 0 saturated carbocycles. The van der Waals surface area contributed by atoms with E-state index in [1.807, 2.05) is 20.2 Å². The van der Waals surface area contributed by atoms with Crippen molar-refractivity contribution in [3.8, 4) is 6.07 Å². The Morgan fingerprint density at radius 3 is 2.75 bits per heavy atom. The van der Waals surface area contributed by atoms with Gasteiger partial charge in [-0.25, -0.2) is 4.98 Å². The van der Waals surface area contributed by atoms with Gasteiger partial charge in [0, 0.05) is 20.3 Å². The zero-order valence-electron chi connectivity index (χ0n) is 6.87. The summed E-state index contributed by atoms with van der Waals surface area (Å²) in [4.78, 5) is 5.79. The highest BCUT2D eigenvalue weighted by Gasteiger charge is 2.05. The molecule has 3 nitrogen and oxygen atoms in total. The van der Waals surface area contributed by atoms with E-state index in [0.29, 0.717) is 16.4 Å². The molecular formula is C8H8ClN3. The molecule has 1 heterocycles. The Bertz CT molecular complexity index is 328. The summed E-state index contributed by atoms with van der Waals surface area (Å²) in [5, 5.41) is 9.20. The Kier molecular flexibility index (Phi) is 2.51. The highest BCUT2D eigenvalue weighted by Crippen LogP contribution is 2.17. The average molecular weight is 182 g/mol. The van der Waals surface area contributed by atoms with Crippen LogP contribution in [0.2, 0.25) is 5.02 Å². The van der Waals surface area contributed by atoms with E-state index in [9.17, 15) is 0 Å². The van der Waals surface area contributed by atoms with Crippen molar-refractivity contribution in [3.05, 3.63) is 22.8 Å². The van der Waals surface area contributed by atoms with Gasteiger partial charge < -0.3 is 4.90 Å². The van der Waals surface area contributed by atoms with E-state index in [1.54, 1.807) is 11.0 Å². The van der Waals surface area contributed by atoms with Gasteiger partial charge in [-0.05, 0) is 6.07 Å². The van der Waals surface area contributed by atoms with Crippen LogP contribution in [0.4, 0.5) is 5.82 Å². The third-order valence-corrected chi connectivity index (χ3v) is 1.58. The van der Waals surface area contributed by atoms with Gasteiger partial charge in [0.05, 0.1) is 10.6 Å². The van der Waals surface area contributed by atoms with Crippen molar-refractivity contribution in [2.45, 2.75) is 0 Å². The Hall–Kier alpha value is -1.27. The first kappa shape index (κ1) is 8.82. The van der Waals surface area contributed by atoms with Crippen LogP contribution in [0.15, 0.2) is 12.3 Å². The molecule has 4 heteroatoms. The maximum Gasteiger partial charge on any atom is 0.146 e. The van der Waals surface area contributed by atoms with Gasteiger partial charge in [0.25, 0.3) is 0 Å². The van der Waals surface area contributed by atoms with Gasteiger partial charge in [-0.15, -0.1) is 0 Å². The van der Waals surface area contributed by atoms with Gasteiger partial charge in [0.15, 0.2) is 0 Å². The zero-order valence-corrected chi connectivity index (χ0v) is 7.63. The number of hydrogen-bond acceptors (Lipinski definition) is 3. The van der Waals surface area contributed by atoms with Crippen LogP contribution in [0, 0.1) is 11.3 Å². The predicted octanol–water partition coefficient (Wildman–Crippen LogP) is 1.67. The monoisotopic (exact) mass is 181 g/mol. The van der Waals surface area contributed by atoms with Gasteiger partial charge in [-0.1, -0.05) is 11.6 Å². The summed E-state index contributed by atoms with van der Waals surface area (Å²) < 4.78 is 0. The van der Waals surface area contributed by atoms with Crippen LogP contribution < -0.4 is 4.90 Å². The van der Waals surface area contributed by atoms with Gasteiger partial charge in [-0.2, -0.15) is 5.26 Å². The van der Waals surface area contributed by atoms with Gasteiger partial charge in [0.2, 0.25) is 0 Å². The summed E-state index contributed by atoms with van der Waals surface area (Å²) in [5.74, 6) is 0.641. The van der Waals surface area contributed by atoms with E-state index in [2.05, 4.69) is 4.98 Å². The summed E-state index contributed by atoms with van der Waals surface area (Å²) >= 11 is 5.67. The lowest BCUT2D eigenvalue weighted by Gasteiger charge is -2.11. The van der Waals surface area contributed by atoms with E-state index in [0.717, 1.165) is 0 Å². The molecule has 0 unspecified atom stereocenters. The fourth-order valence-corrected chi connectivity index (χ4v) is 1.03. The van der Waals surface area contributed by atoms with Crippen LogP contribution in [0.5, 0.6) is 0 Å². The van der Waals surface area contributed by atoms with Gasteiger partial charge in [-0.3, -0.25) is 0 Å². The van der Waals surface area contributed by atoms with Gasteiger partial charge in [0.1, 0.15) is 11.9 Å². The maximum absolute atomic E-state index is 8.72. The molecule has 1 aromatic heterocycles. The van der Waals surface area contributed by atoms with Crippen molar-refractivity contribution < 1.29 is 0 Å². The molecule has 62 valence electrons. The zero-order chi connectivity index (χ0) is 9.14. The lowest BCUT2D eigenvalue weighted by Crippen LogP contribution is -2.12. The maximum atomic E-state index is 8.72. The van der Waals surface area contributed by atoms with E-state index < -0.39 is 0 Å². The van der Waals surface area contributed by atoms with Gasteiger partial charge >= 0.3 is 0 Å². The largest absolute Gasteiger partial charge is 0.362 e. The number of halogens is 1. The molecule has 0 spiro atoms. The Morgan fingerprint density at radius 1 is 1.58 bits per heavy atom. The summed E-state index contributed by atoms with van der Waals surface area (Å²) in [6.07, 6.45) is 1.53. The average Bonchev–Trinajstić information content (AvgIpc) is 2.03. The third kappa shape index (κ3) is 1.66. The second-order valence-corrected chi connectivity index (χ2v) is 2.97. The number of nitriles is 1. The van der Waals surface area contributed by atoms with Crippen molar-refractivity contribution in [3.63, 3.8) is 0 Å². The fourth-order valence-electron chi connectivity index (χ4n) is 0.871. The molecule has 1 rings (SSSR count). The van der Waals surface area contributed by atoms with E-state index in [1.165, 1.54) is 6.20 Å². The molecule has 0 aromatic carbocycles. The first-order valence-electron chi connectivity index (χ1n) is 3.38. The molecule has 1 aromatic rings. The molecule has 0 bridgehead atoms. The molecular weight excluding hydrogens is 174 g/mol. The number of rotatable bonds is 1. The minimum absolute atomic E-state index is 0.483. The van der Waals surface area contributed by atoms with Crippen LogP contribution in [-0.4, -0.2) is 19.1 Å². The summed E-state index contributed by atoms with van der Waals surface area (Å²) in [7, 11) is 3.66. The number of hydrogen-bond donors (Lipinski definition) is 0. The fraction of sp³-hybridized carbons (Fsp3) is 0.250. The number of anilines is 1. The Balaban J connectivity index is 3.23. The Labute approximate surface area is 76.2 Å². The molecule has 0 atom stereocenters. The summed E-state index contributed by atoms with van der Waals surface area (Å²) in [6.45, 7) is 0. The second kappa shape index (κ2) is 3.42. The predicted molar refractivity (Wildman–Crippen MR) is 48.3 cm³/mol. The van der Waals surface area contributed by atoms with E-state index >= 15 is 0 Å². The highest BCUT2D eigenvalue weighted by molar-refractivity contribution is 6.30. The summed E-state index contributed by atoms with van der Waals surface area (Å²) in [6, 6.07) is 3.63. The molecule has 0 aliphatic carbocycles. The molecule has 0 saturated heterocycles. The molecule has 0 aliphatic heterocycles. The lowest BCUT2D eigenvalue weighted by molar-refractivity contribution is 1.06. The van der Waals surface area contributed by atoms with Crippen molar-refractivity contribution in [1.29, 1.82) is 5.26 Å². The molecule has 0 N–H and O–H groups in total. The third-order valence-electron chi connectivity index (χ3n) is 1.38. The first-order valence-corrected chi connectivity index (χ1v) is 3.76. The number of pyridine rings is 1. The van der Waals surface area contributed by atoms with Crippen LogP contribution in [-0.2, 0) is 0 Å². The van der Waals surface area contributed by atoms with Crippen molar-refractivity contribution in [2.75, 3.05) is 19.0 Å². The van der Waals surface area contributed by atoms with E-state index in [4.69, 9.17) is 16.9 Å².